The van der Waals surface area contributed by atoms with Gasteiger partial charge in [0.15, 0.2) is 0 Å². The molecule has 4 nitrogen and oxygen atoms in total. The lowest BCUT2D eigenvalue weighted by molar-refractivity contribution is 0.201. The van der Waals surface area contributed by atoms with Gasteiger partial charge in [0.2, 0.25) is 0 Å². The van der Waals surface area contributed by atoms with Gasteiger partial charge in [-0.25, -0.2) is 0 Å². The van der Waals surface area contributed by atoms with Gasteiger partial charge in [-0.1, -0.05) is 37.9 Å². The first-order chi connectivity index (χ1) is 14.0. The fraction of sp³-hybridized carbons (Fsp3) is 0.320. The van der Waals surface area contributed by atoms with E-state index in [1.54, 1.807) is 12.4 Å². The highest BCUT2D eigenvalue weighted by molar-refractivity contribution is 5.64. The molecule has 1 fully saturated rings. The van der Waals surface area contributed by atoms with Gasteiger partial charge in [-0.3, -0.25) is 4.98 Å². The van der Waals surface area contributed by atoms with Crippen molar-refractivity contribution in [2.45, 2.75) is 44.6 Å². The van der Waals surface area contributed by atoms with Crippen molar-refractivity contribution < 1.29 is 0 Å². The van der Waals surface area contributed by atoms with E-state index < -0.39 is 0 Å². The number of fused-ring (bicyclic) bond motifs is 1. The van der Waals surface area contributed by atoms with E-state index in [4.69, 9.17) is 5.73 Å². The fourth-order valence-corrected chi connectivity index (χ4v) is 4.50. The van der Waals surface area contributed by atoms with E-state index in [1.807, 2.05) is 6.07 Å². The normalized spacial score (nSPS) is 18.2. The van der Waals surface area contributed by atoms with Crippen LogP contribution in [0.3, 0.4) is 0 Å². The van der Waals surface area contributed by atoms with Crippen LogP contribution in [0.4, 0.5) is 5.69 Å². The predicted octanol–water partition coefficient (Wildman–Crippen LogP) is 5.17. The van der Waals surface area contributed by atoms with Crippen LogP contribution in [0.15, 0.2) is 67.8 Å². The molecule has 4 heteroatoms. The summed E-state index contributed by atoms with van der Waals surface area (Å²) in [5.74, 6) is 0. The number of hydrogen-bond donors (Lipinski definition) is 2. The molecule has 2 heterocycles. The molecular formula is C25H30N4. The number of nitrogens with zero attached hydrogens (tertiary/aromatic N) is 2. The van der Waals surface area contributed by atoms with Gasteiger partial charge >= 0.3 is 0 Å². The average Bonchev–Trinajstić information content (AvgIpc) is 3.21. The van der Waals surface area contributed by atoms with Gasteiger partial charge in [0, 0.05) is 24.0 Å². The lowest BCUT2D eigenvalue weighted by atomic mass is 9.92. The second-order valence-corrected chi connectivity index (χ2v) is 8.12. The van der Waals surface area contributed by atoms with Crippen LogP contribution >= 0.6 is 0 Å². The SMILES string of the molecule is C=C(Nc1cncc(C(=C)N)c1)C(=C)N1CCCCC1c1ccc2c(c1)CCC2. The molecule has 1 aromatic carbocycles. The molecule has 2 aliphatic rings. The quantitative estimate of drug-likeness (QED) is 0.673. The lowest BCUT2D eigenvalue weighted by Crippen LogP contribution is -2.34. The topological polar surface area (TPSA) is 54.2 Å². The Bertz CT molecular complexity index is 959. The van der Waals surface area contributed by atoms with Crippen LogP contribution in [0, 0.1) is 0 Å². The van der Waals surface area contributed by atoms with Gasteiger partial charge in [-0.15, -0.1) is 0 Å². The number of piperidine rings is 1. The Morgan fingerprint density at radius 2 is 1.86 bits per heavy atom. The van der Waals surface area contributed by atoms with Gasteiger partial charge in [0.25, 0.3) is 0 Å². The maximum Gasteiger partial charge on any atom is 0.0577 e. The van der Waals surface area contributed by atoms with Crippen molar-refractivity contribution in [3.05, 3.63) is 90.0 Å². The first kappa shape index (κ1) is 19.3. The van der Waals surface area contributed by atoms with Crippen LogP contribution in [0.5, 0.6) is 0 Å². The number of hydrogen-bond acceptors (Lipinski definition) is 4. The molecule has 1 aliphatic carbocycles. The highest BCUT2D eigenvalue weighted by atomic mass is 15.2. The number of nitrogens with one attached hydrogen (secondary N) is 1. The monoisotopic (exact) mass is 386 g/mol. The Kier molecular flexibility index (Phi) is 5.43. The van der Waals surface area contributed by atoms with Crippen LogP contribution in [0.1, 0.15) is 54.0 Å². The summed E-state index contributed by atoms with van der Waals surface area (Å²) in [6.45, 7) is 13.4. The van der Waals surface area contributed by atoms with Crippen molar-refractivity contribution >= 4 is 11.4 Å². The summed E-state index contributed by atoms with van der Waals surface area (Å²) in [6.07, 6.45) is 10.8. The van der Waals surface area contributed by atoms with Crippen LogP contribution in [0.2, 0.25) is 0 Å². The van der Waals surface area contributed by atoms with Crippen molar-refractivity contribution in [2.24, 2.45) is 5.73 Å². The number of aromatic nitrogens is 1. The van der Waals surface area contributed by atoms with Gasteiger partial charge in [0.05, 0.1) is 29.3 Å². The second-order valence-electron chi connectivity index (χ2n) is 8.12. The van der Waals surface area contributed by atoms with Gasteiger partial charge < -0.3 is 16.0 Å². The molecule has 0 amide bonds. The minimum absolute atomic E-state index is 0.356. The number of likely N-dealkylation sites (tertiary alicyclic amines) is 1. The molecule has 1 aromatic heterocycles. The molecule has 0 spiro atoms. The molecule has 150 valence electrons. The summed E-state index contributed by atoms with van der Waals surface area (Å²) in [5, 5.41) is 3.35. The molecule has 0 radical (unpaired) electrons. The van der Waals surface area contributed by atoms with Crippen molar-refractivity contribution in [1.82, 2.24) is 9.88 Å². The van der Waals surface area contributed by atoms with Crippen LogP contribution in [-0.2, 0) is 12.8 Å². The summed E-state index contributed by atoms with van der Waals surface area (Å²) in [5.41, 5.74) is 14.1. The number of pyridine rings is 1. The molecule has 1 aliphatic heterocycles. The molecule has 1 atom stereocenters. The number of rotatable bonds is 6. The third-order valence-corrected chi connectivity index (χ3v) is 6.11. The number of nitrogens with two attached hydrogens (primary N) is 1. The van der Waals surface area contributed by atoms with Crippen molar-refractivity contribution in [1.29, 1.82) is 0 Å². The minimum Gasteiger partial charge on any atom is -0.399 e. The highest BCUT2D eigenvalue weighted by Gasteiger charge is 2.27. The lowest BCUT2D eigenvalue weighted by Gasteiger charge is -2.40. The first-order valence-electron chi connectivity index (χ1n) is 10.5. The Balaban J connectivity index is 1.52. The molecule has 29 heavy (non-hydrogen) atoms. The smallest absolute Gasteiger partial charge is 0.0577 e. The Morgan fingerprint density at radius 3 is 2.69 bits per heavy atom. The highest BCUT2D eigenvalue weighted by Crippen LogP contribution is 2.37. The maximum absolute atomic E-state index is 5.80. The standard InChI is InChI=1S/C25H30N4/c1-17(26)23-14-24(16-27-15-23)28-18(2)19(3)29-12-5-4-9-25(29)22-11-10-20-7-6-8-21(20)13-22/h10-11,13-16,25,28H,1-9,12,26H2. The zero-order chi connectivity index (χ0) is 20.4. The third-order valence-electron chi connectivity index (χ3n) is 6.11. The van der Waals surface area contributed by atoms with Crippen molar-refractivity contribution in [3.63, 3.8) is 0 Å². The van der Waals surface area contributed by atoms with E-state index in [1.165, 1.54) is 48.8 Å². The molecule has 4 rings (SSSR count). The van der Waals surface area contributed by atoms with Gasteiger partial charge in [0.1, 0.15) is 0 Å². The predicted molar refractivity (Wildman–Crippen MR) is 121 cm³/mol. The van der Waals surface area contributed by atoms with E-state index >= 15 is 0 Å². The average molecular weight is 387 g/mol. The second kappa shape index (κ2) is 8.16. The zero-order valence-corrected chi connectivity index (χ0v) is 17.1. The number of anilines is 1. The molecule has 3 N–H and O–H groups in total. The van der Waals surface area contributed by atoms with E-state index in [0.29, 0.717) is 11.7 Å². The van der Waals surface area contributed by atoms with E-state index in [2.05, 4.69) is 53.1 Å². The van der Waals surface area contributed by atoms with E-state index in [-0.39, 0.29) is 0 Å². The summed E-state index contributed by atoms with van der Waals surface area (Å²) in [6, 6.07) is 9.36. The summed E-state index contributed by atoms with van der Waals surface area (Å²) in [4.78, 5) is 6.65. The number of aryl methyl sites for hydroxylation is 2. The van der Waals surface area contributed by atoms with Crippen LogP contribution in [0.25, 0.3) is 5.70 Å². The third kappa shape index (κ3) is 4.07. The van der Waals surface area contributed by atoms with Crippen molar-refractivity contribution in [2.75, 3.05) is 11.9 Å². The largest absolute Gasteiger partial charge is 0.399 e. The molecule has 0 bridgehead atoms. The molecule has 0 saturated carbocycles. The minimum atomic E-state index is 0.356. The maximum atomic E-state index is 5.80. The molecule has 2 aromatic rings. The summed E-state index contributed by atoms with van der Waals surface area (Å²) in [7, 11) is 0. The van der Waals surface area contributed by atoms with Crippen LogP contribution < -0.4 is 11.1 Å². The molecule has 1 saturated heterocycles. The van der Waals surface area contributed by atoms with Crippen LogP contribution in [-0.4, -0.2) is 16.4 Å². The molecular weight excluding hydrogens is 356 g/mol. The van der Waals surface area contributed by atoms with Gasteiger partial charge in [-0.2, -0.15) is 0 Å². The van der Waals surface area contributed by atoms with Gasteiger partial charge in [-0.05, 0) is 61.3 Å². The first-order valence-corrected chi connectivity index (χ1v) is 10.5. The van der Waals surface area contributed by atoms with E-state index in [9.17, 15) is 0 Å². The Hall–Kier alpha value is -3.01. The van der Waals surface area contributed by atoms with E-state index in [0.717, 1.165) is 35.6 Å². The summed E-state index contributed by atoms with van der Waals surface area (Å²) >= 11 is 0. The molecule has 1 unspecified atom stereocenters. The Morgan fingerprint density at radius 1 is 1.03 bits per heavy atom. The zero-order valence-electron chi connectivity index (χ0n) is 17.1. The fourth-order valence-electron chi connectivity index (χ4n) is 4.50. The number of benzene rings is 1. The van der Waals surface area contributed by atoms with Crippen molar-refractivity contribution in [3.8, 4) is 0 Å². The summed E-state index contributed by atoms with van der Waals surface area (Å²) < 4.78 is 0. The Labute approximate surface area is 173 Å².